The maximum atomic E-state index is 12.3. The molecule has 0 saturated heterocycles. The molecular formula is C29H48N6O5. The van der Waals surface area contributed by atoms with Gasteiger partial charge in [0.1, 0.15) is 6.04 Å². The maximum absolute atomic E-state index is 12.3. The minimum atomic E-state index is -0.727. The molecule has 0 spiro atoms. The van der Waals surface area contributed by atoms with Crippen molar-refractivity contribution >= 4 is 29.1 Å². The molecule has 224 valence electrons. The summed E-state index contributed by atoms with van der Waals surface area (Å²) in [5.41, 5.74) is 11.7. The van der Waals surface area contributed by atoms with E-state index in [1.807, 2.05) is 13.8 Å². The van der Waals surface area contributed by atoms with E-state index < -0.39 is 17.6 Å². The summed E-state index contributed by atoms with van der Waals surface area (Å²) in [6, 6.07) is -0.727. The normalized spacial score (nSPS) is 13.2. The smallest absolute Gasteiger partial charge is 0.323 e. The van der Waals surface area contributed by atoms with Gasteiger partial charge in [0.05, 0.1) is 19.5 Å². The van der Waals surface area contributed by atoms with Gasteiger partial charge in [-0.3, -0.25) is 19.4 Å². The average molecular weight is 561 g/mol. The maximum Gasteiger partial charge on any atom is 0.323 e. The quantitative estimate of drug-likeness (QED) is 0.122. The minimum absolute atomic E-state index is 0.0155. The highest BCUT2D eigenvalue weighted by molar-refractivity contribution is 5.75. The van der Waals surface area contributed by atoms with Crippen LogP contribution >= 0.6 is 0 Å². The minimum Gasteiger partial charge on any atom is -0.466 e. The highest BCUT2D eigenvalue weighted by atomic mass is 16.5. The third-order valence-corrected chi connectivity index (χ3v) is 6.83. The van der Waals surface area contributed by atoms with Crippen molar-refractivity contribution in [3.05, 3.63) is 28.8 Å². The molecule has 2 aromatic heterocycles. The number of esters is 2. The predicted molar refractivity (Wildman–Crippen MR) is 156 cm³/mol. The number of nitrogens with two attached hydrogens (primary N) is 2. The van der Waals surface area contributed by atoms with E-state index in [0.717, 1.165) is 25.7 Å². The van der Waals surface area contributed by atoms with E-state index in [9.17, 15) is 14.4 Å². The Morgan fingerprint density at radius 3 is 2.50 bits per heavy atom. The number of imidazole rings is 1. The Labute approximate surface area is 237 Å². The summed E-state index contributed by atoms with van der Waals surface area (Å²) in [5.74, 6) is -1.02. The fraction of sp³-hybridized carbons (Fsp3) is 0.690. The molecular weight excluding hydrogens is 512 g/mol. The number of hydrogen-bond donors (Lipinski definition) is 3. The zero-order valence-electron chi connectivity index (χ0n) is 24.4. The van der Waals surface area contributed by atoms with E-state index in [4.69, 9.17) is 20.9 Å². The topological polar surface area (TPSA) is 168 Å². The lowest BCUT2D eigenvalue weighted by atomic mass is 10.1. The van der Waals surface area contributed by atoms with Crippen LogP contribution < -0.4 is 17.0 Å². The summed E-state index contributed by atoms with van der Waals surface area (Å²) >= 11 is 0. The van der Waals surface area contributed by atoms with Gasteiger partial charge in [0.2, 0.25) is 5.95 Å². The average Bonchev–Trinajstić information content (AvgIpc) is 3.32. The SMILES string of the molecule is CCCCC=CCCCCCCCC(=O)OCCC(COC(=O)[C@@H](N)C(C)C)Cn1cnc2c(=O)[nH]c(N)nc21. The third kappa shape index (κ3) is 11.9. The molecule has 2 rings (SSSR count). The van der Waals surface area contributed by atoms with Crippen LogP contribution in [-0.4, -0.2) is 50.7 Å². The van der Waals surface area contributed by atoms with Gasteiger partial charge < -0.3 is 25.5 Å². The number of allylic oxidation sites excluding steroid dienone is 2. The molecule has 0 bridgehead atoms. The molecule has 0 aliphatic rings. The zero-order valence-corrected chi connectivity index (χ0v) is 24.4. The standard InChI is InChI=1S/C29H48N6O5/c1-4-5-6-7-8-9-10-11-12-13-14-15-23(36)39-17-16-22(19-40-28(38)24(30)21(2)3)18-35-20-32-25-26(35)33-29(31)34-27(25)37/h7-8,20-22,24H,4-6,9-19,30H2,1-3H3,(H3,31,33,34,37)/t22?,24-/m0/s1. The number of carbonyl (C=O) groups is 2. The zero-order chi connectivity index (χ0) is 29.3. The second-order valence-electron chi connectivity index (χ2n) is 10.7. The number of H-pyrrole nitrogens is 1. The monoisotopic (exact) mass is 560 g/mol. The first-order valence-electron chi connectivity index (χ1n) is 14.7. The van der Waals surface area contributed by atoms with E-state index >= 15 is 0 Å². The molecule has 1 unspecified atom stereocenters. The van der Waals surface area contributed by atoms with E-state index in [-0.39, 0.29) is 42.5 Å². The largest absolute Gasteiger partial charge is 0.466 e. The van der Waals surface area contributed by atoms with Crippen LogP contribution in [0.4, 0.5) is 5.95 Å². The first kappa shape index (κ1) is 33.0. The Kier molecular flexibility index (Phi) is 15.0. The van der Waals surface area contributed by atoms with Crippen molar-refractivity contribution in [2.45, 2.75) is 104 Å². The van der Waals surface area contributed by atoms with Gasteiger partial charge in [0.15, 0.2) is 11.2 Å². The number of anilines is 1. The predicted octanol–water partition coefficient (Wildman–Crippen LogP) is 4.25. The molecule has 2 atom stereocenters. The molecule has 0 fully saturated rings. The molecule has 2 aromatic rings. The fourth-order valence-electron chi connectivity index (χ4n) is 4.21. The van der Waals surface area contributed by atoms with Crippen LogP contribution in [0.5, 0.6) is 0 Å². The van der Waals surface area contributed by atoms with E-state index in [1.165, 1.54) is 38.4 Å². The van der Waals surface area contributed by atoms with Crippen molar-refractivity contribution in [2.75, 3.05) is 18.9 Å². The molecule has 0 aliphatic carbocycles. The Bertz CT molecular complexity index is 1130. The summed E-state index contributed by atoms with van der Waals surface area (Å²) in [6.45, 7) is 6.49. The van der Waals surface area contributed by atoms with E-state index in [2.05, 4.69) is 34.0 Å². The number of aromatic amines is 1. The molecule has 11 heteroatoms. The Morgan fingerprint density at radius 2 is 1.77 bits per heavy atom. The van der Waals surface area contributed by atoms with E-state index in [0.29, 0.717) is 25.0 Å². The molecule has 2 heterocycles. The van der Waals surface area contributed by atoms with Crippen LogP contribution in [0.2, 0.25) is 0 Å². The molecule has 0 amide bonds. The first-order valence-corrected chi connectivity index (χ1v) is 14.7. The van der Waals surface area contributed by atoms with Gasteiger partial charge in [-0.05, 0) is 38.0 Å². The second-order valence-corrected chi connectivity index (χ2v) is 10.7. The number of carbonyl (C=O) groups excluding carboxylic acids is 2. The van der Waals surface area contributed by atoms with Crippen LogP contribution in [0.25, 0.3) is 11.2 Å². The van der Waals surface area contributed by atoms with Crippen LogP contribution in [0.1, 0.15) is 91.4 Å². The highest BCUT2D eigenvalue weighted by Gasteiger charge is 2.22. The summed E-state index contributed by atoms with van der Waals surface area (Å²) in [6.07, 6.45) is 16.9. The van der Waals surface area contributed by atoms with Crippen molar-refractivity contribution in [1.82, 2.24) is 19.5 Å². The number of rotatable bonds is 20. The summed E-state index contributed by atoms with van der Waals surface area (Å²) < 4.78 is 12.6. The van der Waals surface area contributed by atoms with Gasteiger partial charge in [-0.25, -0.2) is 4.98 Å². The van der Waals surface area contributed by atoms with Crippen LogP contribution in [-0.2, 0) is 25.6 Å². The van der Waals surface area contributed by atoms with Crippen molar-refractivity contribution in [2.24, 2.45) is 17.6 Å². The van der Waals surface area contributed by atoms with Crippen molar-refractivity contribution in [1.29, 1.82) is 0 Å². The molecule has 5 N–H and O–H groups in total. The Balaban J connectivity index is 1.79. The van der Waals surface area contributed by atoms with Crippen molar-refractivity contribution < 1.29 is 19.1 Å². The van der Waals surface area contributed by atoms with E-state index in [1.54, 1.807) is 4.57 Å². The van der Waals surface area contributed by atoms with Crippen molar-refractivity contribution in [3.63, 3.8) is 0 Å². The first-order chi connectivity index (χ1) is 19.2. The van der Waals surface area contributed by atoms with Gasteiger partial charge in [0, 0.05) is 18.9 Å². The number of unbranched alkanes of at least 4 members (excludes halogenated alkanes) is 7. The number of aromatic nitrogens is 4. The molecule has 0 saturated carbocycles. The number of hydrogen-bond acceptors (Lipinski definition) is 9. The molecule has 11 nitrogen and oxygen atoms in total. The lowest BCUT2D eigenvalue weighted by Gasteiger charge is -2.20. The number of fused-ring (bicyclic) bond motifs is 1. The fourth-order valence-corrected chi connectivity index (χ4v) is 4.21. The van der Waals surface area contributed by atoms with Crippen LogP contribution in [0.3, 0.4) is 0 Å². The Morgan fingerprint density at radius 1 is 1.07 bits per heavy atom. The molecule has 0 aliphatic heterocycles. The Hall–Kier alpha value is -3.21. The number of ether oxygens (including phenoxy) is 2. The highest BCUT2D eigenvalue weighted by Crippen LogP contribution is 2.15. The lowest BCUT2D eigenvalue weighted by molar-refractivity contribution is -0.149. The lowest BCUT2D eigenvalue weighted by Crippen LogP contribution is -2.38. The molecule has 40 heavy (non-hydrogen) atoms. The van der Waals surface area contributed by atoms with Crippen LogP contribution in [0, 0.1) is 11.8 Å². The molecule has 0 radical (unpaired) electrons. The molecule has 0 aromatic carbocycles. The summed E-state index contributed by atoms with van der Waals surface area (Å²) in [5, 5.41) is 0. The number of nitrogens with one attached hydrogen (secondary N) is 1. The number of nitrogens with zero attached hydrogens (tertiary/aromatic N) is 3. The van der Waals surface area contributed by atoms with Gasteiger partial charge >= 0.3 is 11.9 Å². The van der Waals surface area contributed by atoms with Crippen LogP contribution in [0.15, 0.2) is 23.3 Å². The van der Waals surface area contributed by atoms with Gasteiger partial charge in [-0.2, -0.15) is 4.98 Å². The van der Waals surface area contributed by atoms with Crippen molar-refractivity contribution in [3.8, 4) is 0 Å². The summed E-state index contributed by atoms with van der Waals surface area (Å²) in [7, 11) is 0. The second kappa shape index (κ2) is 18.2. The third-order valence-electron chi connectivity index (χ3n) is 6.83. The summed E-state index contributed by atoms with van der Waals surface area (Å²) in [4.78, 5) is 47.5. The van der Waals surface area contributed by atoms with Gasteiger partial charge in [-0.15, -0.1) is 0 Å². The van der Waals surface area contributed by atoms with Gasteiger partial charge in [0.25, 0.3) is 5.56 Å². The number of nitrogen functional groups attached to an aromatic ring is 1. The van der Waals surface area contributed by atoms with Gasteiger partial charge in [-0.1, -0.05) is 65.0 Å².